The van der Waals surface area contributed by atoms with Crippen molar-refractivity contribution in [2.45, 2.75) is 25.4 Å². The fraction of sp³-hybridized carbons (Fsp3) is 0.182. The molecule has 4 nitrogen and oxygen atoms in total. The quantitative estimate of drug-likeness (QED) is 0.232. The Labute approximate surface area is 173 Å². The van der Waals surface area contributed by atoms with Gasteiger partial charge in [-0.15, -0.1) is 0 Å². The Kier molecular flexibility index (Phi) is 8.04. The van der Waals surface area contributed by atoms with Gasteiger partial charge in [-0.05, 0) is 23.6 Å². The van der Waals surface area contributed by atoms with Gasteiger partial charge >= 0.3 is 0 Å². The van der Waals surface area contributed by atoms with Crippen LogP contribution in [0.4, 0.5) is 0 Å². The molecular formula is C22H25N2O2PS. The van der Waals surface area contributed by atoms with Gasteiger partial charge in [0.25, 0.3) is 0 Å². The Bertz CT molecular complexity index is 780. The van der Waals surface area contributed by atoms with Crippen LogP contribution < -0.4 is 10.3 Å². The first kappa shape index (κ1) is 21.0. The van der Waals surface area contributed by atoms with Crippen LogP contribution in [0.3, 0.4) is 0 Å². The zero-order valence-corrected chi connectivity index (χ0v) is 17.6. The maximum atomic E-state index is 6.33. The van der Waals surface area contributed by atoms with Crippen molar-refractivity contribution in [1.82, 2.24) is 10.3 Å². The van der Waals surface area contributed by atoms with Crippen LogP contribution in [0.15, 0.2) is 91.0 Å². The topological polar surface area (TPSA) is 42.5 Å². The van der Waals surface area contributed by atoms with Crippen LogP contribution in [0.2, 0.25) is 0 Å². The maximum Gasteiger partial charge on any atom is 0.198 e. The molecule has 0 aliphatic carbocycles. The summed E-state index contributed by atoms with van der Waals surface area (Å²) < 4.78 is 12.7. The van der Waals surface area contributed by atoms with E-state index in [-0.39, 0.29) is 0 Å². The number of benzene rings is 3. The minimum absolute atomic E-state index is 0.470. The first-order chi connectivity index (χ1) is 13.7. The molecule has 0 heterocycles. The Morgan fingerprint density at radius 1 is 0.750 bits per heavy atom. The summed E-state index contributed by atoms with van der Waals surface area (Å²) in [4.78, 5) is 2.78. The standard InChI is InChI=1S/C22H25N2O2PS/c1-22(23-24-28,21-15-9-4-10-16-21)27(25-17-19-11-5-2-6-12-19)26-18-20-13-7-3-8-14-20/h2-16,23-24,28H,17-18H2,1H3/t22-/m1/s1. The van der Waals surface area contributed by atoms with Crippen molar-refractivity contribution in [3.8, 4) is 0 Å². The third-order valence-electron chi connectivity index (χ3n) is 4.38. The molecule has 0 spiro atoms. The van der Waals surface area contributed by atoms with E-state index >= 15 is 0 Å². The van der Waals surface area contributed by atoms with E-state index in [9.17, 15) is 0 Å². The van der Waals surface area contributed by atoms with Gasteiger partial charge in [-0.1, -0.05) is 104 Å². The Hall–Kier alpha value is -1.72. The van der Waals surface area contributed by atoms with E-state index in [1.54, 1.807) is 0 Å². The Morgan fingerprint density at radius 2 is 1.18 bits per heavy atom. The van der Waals surface area contributed by atoms with E-state index in [4.69, 9.17) is 9.05 Å². The fourth-order valence-corrected chi connectivity index (χ4v) is 4.75. The van der Waals surface area contributed by atoms with Gasteiger partial charge in [0.2, 0.25) is 0 Å². The molecule has 0 radical (unpaired) electrons. The van der Waals surface area contributed by atoms with Crippen molar-refractivity contribution in [3.63, 3.8) is 0 Å². The molecule has 28 heavy (non-hydrogen) atoms. The molecule has 0 unspecified atom stereocenters. The molecule has 0 bridgehead atoms. The molecule has 0 amide bonds. The van der Waals surface area contributed by atoms with Crippen molar-refractivity contribution in [2.75, 3.05) is 0 Å². The molecule has 3 aromatic rings. The summed E-state index contributed by atoms with van der Waals surface area (Å²) in [7, 11) is -1.36. The van der Waals surface area contributed by atoms with E-state index in [1.807, 2.05) is 54.6 Å². The summed E-state index contributed by atoms with van der Waals surface area (Å²) in [5.74, 6) is 0. The van der Waals surface area contributed by atoms with Crippen LogP contribution in [0.1, 0.15) is 23.6 Å². The highest BCUT2D eigenvalue weighted by molar-refractivity contribution is 7.78. The number of hydrazine groups is 1. The van der Waals surface area contributed by atoms with Gasteiger partial charge in [-0.3, -0.25) is 0 Å². The van der Waals surface area contributed by atoms with Gasteiger partial charge < -0.3 is 9.05 Å². The summed E-state index contributed by atoms with van der Waals surface area (Å²) >= 11 is 4.17. The fourth-order valence-electron chi connectivity index (χ4n) is 2.81. The van der Waals surface area contributed by atoms with Crippen molar-refractivity contribution in [1.29, 1.82) is 0 Å². The molecule has 0 aromatic heterocycles. The van der Waals surface area contributed by atoms with Crippen molar-refractivity contribution < 1.29 is 9.05 Å². The predicted octanol–water partition coefficient (Wildman–Crippen LogP) is 5.54. The van der Waals surface area contributed by atoms with E-state index in [1.165, 1.54) is 0 Å². The highest BCUT2D eigenvalue weighted by Gasteiger charge is 2.39. The minimum Gasteiger partial charge on any atom is -0.328 e. The molecule has 0 fully saturated rings. The SMILES string of the molecule is C[C@](NNS)(c1ccccc1)P(OCc1ccccc1)OCc1ccccc1. The van der Waals surface area contributed by atoms with Gasteiger partial charge in [-0.25, -0.2) is 10.3 Å². The molecule has 0 aliphatic rings. The van der Waals surface area contributed by atoms with Crippen molar-refractivity contribution in [2.24, 2.45) is 0 Å². The van der Waals surface area contributed by atoms with Crippen LogP contribution in [0, 0.1) is 0 Å². The minimum atomic E-state index is -1.36. The first-order valence-electron chi connectivity index (χ1n) is 9.08. The summed E-state index contributed by atoms with van der Waals surface area (Å²) in [6.07, 6.45) is 0. The van der Waals surface area contributed by atoms with Crippen LogP contribution in [-0.2, 0) is 27.5 Å². The van der Waals surface area contributed by atoms with Crippen molar-refractivity contribution in [3.05, 3.63) is 108 Å². The normalized spacial score (nSPS) is 13.4. The molecule has 2 N–H and O–H groups in total. The van der Waals surface area contributed by atoms with E-state index in [2.05, 4.69) is 66.4 Å². The molecule has 3 aromatic carbocycles. The second-order valence-corrected chi connectivity index (χ2v) is 8.60. The smallest absolute Gasteiger partial charge is 0.198 e. The summed E-state index contributed by atoms with van der Waals surface area (Å²) in [5.41, 5.74) is 6.51. The monoisotopic (exact) mass is 412 g/mol. The molecular weight excluding hydrogens is 387 g/mol. The van der Waals surface area contributed by atoms with Crippen LogP contribution in [-0.4, -0.2) is 0 Å². The summed E-state index contributed by atoms with van der Waals surface area (Å²) in [5, 5.41) is -0.595. The highest BCUT2D eigenvalue weighted by atomic mass is 32.1. The Balaban J connectivity index is 1.83. The average molecular weight is 412 g/mol. The van der Waals surface area contributed by atoms with E-state index < -0.39 is 13.7 Å². The second kappa shape index (κ2) is 10.7. The van der Waals surface area contributed by atoms with E-state index in [0.717, 1.165) is 16.7 Å². The highest BCUT2D eigenvalue weighted by Crippen LogP contribution is 2.56. The van der Waals surface area contributed by atoms with Gasteiger partial charge in [0.1, 0.15) is 5.28 Å². The largest absolute Gasteiger partial charge is 0.328 e. The average Bonchev–Trinajstić information content (AvgIpc) is 2.76. The number of nitrogens with one attached hydrogen (secondary N) is 2. The molecule has 1 atom stereocenters. The van der Waals surface area contributed by atoms with Crippen LogP contribution in [0.5, 0.6) is 0 Å². The van der Waals surface area contributed by atoms with Gasteiger partial charge in [0.15, 0.2) is 8.38 Å². The zero-order valence-electron chi connectivity index (χ0n) is 15.8. The molecule has 146 valence electrons. The lowest BCUT2D eigenvalue weighted by atomic mass is 10.1. The summed E-state index contributed by atoms with van der Waals surface area (Å²) in [6.45, 7) is 3.00. The predicted molar refractivity (Wildman–Crippen MR) is 118 cm³/mol. The lowest BCUT2D eigenvalue weighted by Crippen LogP contribution is -2.43. The maximum absolute atomic E-state index is 6.33. The molecule has 0 saturated heterocycles. The van der Waals surface area contributed by atoms with Crippen LogP contribution >= 0.6 is 21.2 Å². The summed E-state index contributed by atoms with van der Waals surface area (Å²) in [6, 6.07) is 30.4. The van der Waals surface area contributed by atoms with Gasteiger partial charge in [0.05, 0.1) is 13.2 Å². The number of hydrogen-bond acceptors (Lipinski definition) is 5. The Morgan fingerprint density at radius 3 is 1.61 bits per heavy atom. The van der Waals surface area contributed by atoms with E-state index in [0.29, 0.717) is 13.2 Å². The molecule has 0 saturated carbocycles. The third-order valence-corrected chi connectivity index (χ3v) is 6.32. The lowest BCUT2D eigenvalue weighted by molar-refractivity contribution is 0.208. The zero-order chi connectivity index (χ0) is 19.7. The number of rotatable bonds is 10. The van der Waals surface area contributed by atoms with Gasteiger partial charge in [0, 0.05) is 0 Å². The third kappa shape index (κ3) is 5.65. The molecule has 0 aliphatic heterocycles. The number of thiol groups is 1. The molecule has 3 rings (SSSR count). The van der Waals surface area contributed by atoms with Gasteiger partial charge in [-0.2, -0.15) is 0 Å². The van der Waals surface area contributed by atoms with Crippen LogP contribution in [0.25, 0.3) is 0 Å². The molecule has 6 heteroatoms. The lowest BCUT2D eigenvalue weighted by Gasteiger charge is -2.36. The van der Waals surface area contributed by atoms with Crippen molar-refractivity contribution >= 4 is 21.2 Å². The number of hydrogen-bond donors (Lipinski definition) is 3. The first-order valence-corrected chi connectivity index (χ1v) is 10.7. The second-order valence-electron chi connectivity index (χ2n) is 6.45.